The number of benzene rings is 1. The molecular formula is C9H11Cl2IN4. The summed E-state index contributed by atoms with van der Waals surface area (Å²) in [6, 6.07) is 5.17. The molecule has 0 atom stereocenters. The van der Waals surface area contributed by atoms with Crippen molar-refractivity contribution in [3.05, 3.63) is 33.8 Å². The number of nitrogens with two attached hydrogens (primary N) is 1. The van der Waals surface area contributed by atoms with Crippen molar-refractivity contribution in [3.63, 3.8) is 0 Å². The molecule has 1 aromatic carbocycles. The second kappa shape index (κ2) is 6.93. The summed E-state index contributed by atoms with van der Waals surface area (Å²) in [5.41, 5.74) is 5.81. The zero-order valence-electron chi connectivity index (χ0n) is 8.45. The lowest BCUT2D eigenvalue weighted by molar-refractivity contribution is 0.536. The largest absolute Gasteiger partial charge is 0.369 e. The van der Waals surface area contributed by atoms with Crippen LogP contribution in [-0.2, 0) is 0 Å². The van der Waals surface area contributed by atoms with Gasteiger partial charge in [-0.2, -0.15) is 5.10 Å². The first-order valence-corrected chi connectivity index (χ1v) is 4.83. The SMILES string of the molecule is CN(/N=C/c1c(Cl)cccc1Cl)C(=N)N.I. The predicted octanol–water partition coefficient (Wildman–Crippen LogP) is 2.77. The van der Waals surface area contributed by atoms with E-state index in [0.29, 0.717) is 15.6 Å². The number of hydrogen-bond acceptors (Lipinski definition) is 2. The third-order valence-corrected chi connectivity index (χ3v) is 2.37. The summed E-state index contributed by atoms with van der Waals surface area (Å²) < 4.78 is 0. The third-order valence-electron chi connectivity index (χ3n) is 1.71. The average molecular weight is 373 g/mol. The highest BCUT2D eigenvalue weighted by atomic mass is 127. The van der Waals surface area contributed by atoms with Gasteiger partial charge in [-0.05, 0) is 12.1 Å². The van der Waals surface area contributed by atoms with E-state index >= 15 is 0 Å². The van der Waals surface area contributed by atoms with Gasteiger partial charge < -0.3 is 5.73 Å². The van der Waals surface area contributed by atoms with E-state index in [-0.39, 0.29) is 29.9 Å². The Balaban J connectivity index is 0.00000225. The van der Waals surface area contributed by atoms with E-state index in [1.807, 2.05) is 0 Å². The maximum atomic E-state index is 7.10. The Kier molecular flexibility index (Phi) is 6.70. The van der Waals surface area contributed by atoms with Gasteiger partial charge in [0.05, 0.1) is 16.3 Å². The minimum Gasteiger partial charge on any atom is -0.369 e. The molecule has 0 bridgehead atoms. The molecule has 16 heavy (non-hydrogen) atoms. The van der Waals surface area contributed by atoms with Gasteiger partial charge >= 0.3 is 0 Å². The molecule has 3 N–H and O–H groups in total. The summed E-state index contributed by atoms with van der Waals surface area (Å²) in [6.07, 6.45) is 1.46. The summed E-state index contributed by atoms with van der Waals surface area (Å²) in [5.74, 6) is -0.158. The first kappa shape index (κ1) is 15.5. The van der Waals surface area contributed by atoms with E-state index in [4.69, 9.17) is 34.3 Å². The Hall–Kier alpha value is -0.530. The number of nitrogens with zero attached hydrogens (tertiary/aromatic N) is 2. The molecule has 0 aliphatic rings. The fourth-order valence-electron chi connectivity index (χ4n) is 0.841. The van der Waals surface area contributed by atoms with Crippen LogP contribution in [-0.4, -0.2) is 24.2 Å². The molecule has 0 aliphatic heterocycles. The minimum atomic E-state index is -0.158. The number of nitrogens with one attached hydrogen (secondary N) is 1. The van der Waals surface area contributed by atoms with Crippen LogP contribution in [0.2, 0.25) is 10.0 Å². The van der Waals surface area contributed by atoms with E-state index in [9.17, 15) is 0 Å². The Morgan fingerprint density at radius 3 is 2.38 bits per heavy atom. The van der Waals surface area contributed by atoms with Crippen LogP contribution >= 0.6 is 47.2 Å². The van der Waals surface area contributed by atoms with Gasteiger partial charge in [0.2, 0.25) is 5.96 Å². The first-order chi connectivity index (χ1) is 7.02. The van der Waals surface area contributed by atoms with Gasteiger partial charge in [0.25, 0.3) is 0 Å². The zero-order chi connectivity index (χ0) is 11.4. The molecule has 1 aromatic rings. The molecule has 0 saturated heterocycles. The van der Waals surface area contributed by atoms with Gasteiger partial charge in [-0.3, -0.25) is 5.41 Å². The summed E-state index contributed by atoms with van der Waals surface area (Å²) in [7, 11) is 1.56. The Bertz CT molecular complexity index is 388. The lowest BCUT2D eigenvalue weighted by Gasteiger charge is -2.09. The second-order valence-corrected chi connectivity index (χ2v) is 3.60. The monoisotopic (exact) mass is 372 g/mol. The van der Waals surface area contributed by atoms with Crippen molar-refractivity contribution in [1.82, 2.24) is 5.01 Å². The van der Waals surface area contributed by atoms with Gasteiger partial charge in [-0.25, -0.2) is 5.01 Å². The van der Waals surface area contributed by atoms with Crippen LogP contribution in [0.5, 0.6) is 0 Å². The van der Waals surface area contributed by atoms with Crippen LogP contribution in [0.3, 0.4) is 0 Å². The standard InChI is InChI=1S/C9H10Cl2N4.HI/c1-15(9(12)13)14-5-6-7(10)3-2-4-8(6)11;/h2-5H,1H3,(H3,12,13);1H/b14-5+;. The molecule has 88 valence electrons. The number of hydrazone groups is 1. The Morgan fingerprint density at radius 1 is 1.44 bits per heavy atom. The van der Waals surface area contributed by atoms with Crippen molar-refractivity contribution in [2.24, 2.45) is 10.8 Å². The molecule has 0 heterocycles. The van der Waals surface area contributed by atoms with Crippen LogP contribution in [0.4, 0.5) is 0 Å². The smallest absolute Gasteiger partial charge is 0.208 e. The van der Waals surface area contributed by atoms with Crippen LogP contribution < -0.4 is 5.73 Å². The third kappa shape index (κ3) is 4.15. The minimum absolute atomic E-state index is 0. The average Bonchev–Trinajstić information content (AvgIpc) is 2.16. The molecule has 0 saturated carbocycles. The highest BCUT2D eigenvalue weighted by Gasteiger charge is 2.02. The quantitative estimate of drug-likeness (QED) is 0.363. The van der Waals surface area contributed by atoms with Crippen LogP contribution in [0.25, 0.3) is 0 Å². The van der Waals surface area contributed by atoms with Crippen molar-refractivity contribution in [2.75, 3.05) is 7.05 Å². The topological polar surface area (TPSA) is 65.5 Å². The number of rotatable bonds is 2. The highest BCUT2D eigenvalue weighted by Crippen LogP contribution is 2.22. The van der Waals surface area contributed by atoms with E-state index < -0.39 is 0 Å². The van der Waals surface area contributed by atoms with E-state index in [0.717, 1.165) is 0 Å². The summed E-state index contributed by atoms with van der Waals surface area (Å²) >= 11 is 11.8. The summed E-state index contributed by atoms with van der Waals surface area (Å²) in [6.45, 7) is 0. The zero-order valence-corrected chi connectivity index (χ0v) is 12.3. The van der Waals surface area contributed by atoms with Crippen molar-refractivity contribution < 1.29 is 0 Å². The predicted molar refractivity (Wildman–Crippen MR) is 79.1 cm³/mol. The molecular weight excluding hydrogens is 362 g/mol. The molecule has 7 heteroatoms. The number of halogens is 3. The van der Waals surface area contributed by atoms with Gasteiger partial charge in [0.15, 0.2) is 0 Å². The molecule has 0 radical (unpaired) electrons. The fourth-order valence-corrected chi connectivity index (χ4v) is 1.34. The lowest BCUT2D eigenvalue weighted by atomic mass is 10.2. The van der Waals surface area contributed by atoms with E-state index in [1.165, 1.54) is 11.2 Å². The Morgan fingerprint density at radius 2 is 1.94 bits per heavy atom. The normalized spacial score (nSPS) is 9.94. The molecule has 0 aliphatic carbocycles. The number of hydrogen-bond donors (Lipinski definition) is 2. The Labute approximate surface area is 121 Å². The number of guanidine groups is 1. The highest BCUT2D eigenvalue weighted by molar-refractivity contribution is 14.0. The fraction of sp³-hybridized carbons (Fsp3) is 0.111. The molecule has 0 unspecified atom stereocenters. The van der Waals surface area contributed by atoms with Crippen LogP contribution in [0.15, 0.2) is 23.3 Å². The van der Waals surface area contributed by atoms with Gasteiger partial charge in [0, 0.05) is 12.6 Å². The lowest BCUT2D eigenvalue weighted by Crippen LogP contribution is -2.28. The molecule has 0 fully saturated rings. The summed E-state index contributed by atoms with van der Waals surface area (Å²) in [5, 5.41) is 13.2. The molecule has 0 amide bonds. The van der Waals surface area contributed by atoms with Crippen molar-refractivity contribution >= 4 is 59.4 Å². The summed E-state index contributed by atoms with van der Waals surface area (Å²) in [4.78, 5) is 0. The molecule has 4 nitrogen and oxygen atoms in total. The van der Waals surface area contributed by atoms with Gasteiger partial charge in [-0.1, -0.05) is 29.3 Å². The maximum absolute atomic E-state index is 7.10. The van der Waals surface area contributed by atoms with Crippen molar-refractivity contribution in [1.29, 1.82) is 5.41 Å². The van der Waals surface area contributed by atoms with Crippen LogP contribution in [0.1, 0.15) is 5.56 Å². The first-order valence-electron chi connectivity index (χ1n) is 4.08. The van der Waals surface area contributed by atoms with Crippen molar-refractivity contribution in [3.8, 4) is 0 Å². The molecule has 0 aromatic heterocycles. The molecule has 1 rings (SSSR count). The van der Waals surface area contributed by atoms with E-state index in [2.05, 4.69) is 5.10 Å². The van der Waals surface area contributed by atoms with Gasteiger partial charge in [0.1, 0.15) is 0 Å². The van der Waals surface area contributed by atoms with Gasteiger partial charge in [-0.15, -0.1) is 24.0 Å². The van der Waals surface area contributed by atoms with Crippen molar-refractivity contribution in [2.45, 2.75) is 0 Å². The second-order valence-electron chi connectivity index (χ2n) is 2.79. The molecule has 0 spiro atoms. The maximum Gasteiger partial charge on any atom is 0.208 e. The van der Waals surface area contributed by atoms with Crippen LogP contribution in [0, 0.1) is 5.41 Å². The van der Waals surface area contributed by atoms with E-state index in [1.54, 1.807) is 25.2 Å².